The van der Waals surface area contributed by atoms with Crippen LogP contribution in [0.5, 0.6) is 0 Å². The zero-order valence-corrected chi connectivity index (χ0v) is 26.1. The molecule has 2 aromatic heterocycles. The molecule has 244 valence electrons. The molecular formula is C32H41F3N6O4. The molecule has 1 saturated carbocycles. The molecule has 0 unspecified atom stereocenters. The number of hydrogen-bond donors (Lipinski definition) is 3. The number of aromatic nitrogens is 3. The van der Waals surface area contributed by atoms with Gasteiger partial charge in [0.15, 0.2) is 0 Å². The Hall–Kier alpha value is -3.87. The van der Waals surface area contributed by atoms with Gasteiger partial charge >= 0.3 is 18.2 Å². The highest BCUT2D eigenvalue weighted by Crippen LogP contribution is 2.39. The molecule has 1 aliphatic heterocycles. The van der Waals surface area contributed by atoms with E-state index in [1.807, 2.05) is 20.8 Å². The third kappa shape index (κ3) is 8.05. The molecule has 2 atom stereocenters. The molecule has 3 heterocycles. The average molecular weight is 631 g/mol. The monoisotopic (exact) mass is 630 g/mol. The average Bonchev–Trinajstić information content (AvgIpc) is 3.62. The van der Waals surface area contributed by atoms with E-state index in [1.54, 1.807) is 11.0 Å². The number of anilines is 1. The molecular weight excluding hydrogens is 589 g/mol. The van der Waals surface area contributed by atoms with Crippen molar-refractivity contribution in [2.24, 2.45) is 5.92 Å². The van der Waals surface area contributed by atoms with E-state index in [2.05, 4.69) is 25.6 Å². The summed E-state index contributed by atoms with van der Waals surface area (Å²) in [5.74, 6) is 0.144. The number of likely N-dealkylation sites (tertiary alicyclic amines) is 1. The smallest absolute Gasteiger partial charge is 0.419 e. The van der Waals surface area contributed by atoms with E-state index >= 15 is 0 Å². The summed E-state index contributed by atoms with van der Waals surface area (Å²) in [6.45, 7) is 7.89. The summed E-state index contributed by atoms with van der Waals surface area (Å²) in [6, 6.07) is 4.94. The molecule has 1 aromatic carbocycles. The molecule has 5 rings (SSSR count). The van der Waals surface area contributed by atoms with Crippen LogP contribution in [0, 0.1) is 5.92 Å². The van der Waals surface area contributed by atoms with Crippen molar-refractivity contribution in [2.45, 2.75) is 83.2 Å². The van der Waals surface area contributed by atoms with Crippen LogP contribution in [-0.4, -0.2) is 76.3 Å². The predicted octanol–water partition coefficient (Wildman–Crippen LogP) is 6.39. The first-order valence-corrected chi connectivity index (χ1v) is 15.4. The number of benzene rings is 1. The summed E-state index contributed by atoms with van der Waals surface area (Å²) in [5, 5.41) is 7.39. The maximum Gasteiger partial charge on any atom is 0.419 e. The lowest BCUT2D eigenvalue weighted by Crippen LogP contribution is -2.42. The highest BCUT2D eigenvalue weighted by atomic mass is 19.4. The zero-order valence-electron chi connectivity index (χ0n) is 26.1. The predicted molar refractivity (Wildman–Crippen MR) is 164 cm³/mol. The lowest BCUT2D eigenvalue weighted by Gasteiger charge is -2.33. The number of carbonyl (C=O) groups excluding carboxylic acids is 2. The molecule has 0 radical (unpaired) electrons. The molecule has 0 spiro atoms. The van der Waals surface area contributed by atoms with Crippen LogP contribution in [0.15, 0.2) is 30.6 Å². The number of fused-ring (bicyclic) bond motifs is 1. The number of halogens is 3. The van der Waals surface area contributed by atoms with Gasteiger partial charge < -0.3 is 30.0 Å². The van der Waals surface area contributed by atoms with Crippen LogP contribution in [0.25, 0.3) is 22.2 Å². The van der Waals surface area contributed by atoms with Crippen molar-refractivity contribution in [1.82, 2.24) is 25.2 Å². The number of ether oxygens (including phenoxy) is 2. The maximum absolute atomic E-state index is 14.0. The molecule has 45 heavy (non-hydrogen) atoms. The standard InChI is InChI=1S/C32H41F3N6O4/c1-31(2,3)45-30(43)41-13-10-19(11-14-41)9-12-36-21-6-7-22(16-21)39-29-38-18-25(32(33,34)35)27(40-29)24-17-37-26-15-20(28(42)44-4)5-8-23(24)26/h5,8,15,17-19,21-22,36-37H,6-7,9-14,16H2,1-4H3,(H,38,39,40)/t21-,22-/m0/s1. The summed E-state index contributed by atoms with van der Waals surface area (Å²) in [5.41, 5.74) is -0.624. The van der Waals surface area contributed by atoms with Crippen LogP contribution < -0.4 is 10.6 Å². The summed E-state index contributed by atoms with van der Waals surface area (Å²) in [4.78, 5) is 37.3. The topological polar surface area (TPSA) is 121 Å². The summed E-state index contributed by atoms with van der Waals surface area (Å²) >= 11 is 0. The SMILES string of the molecule is COC(=O)c1ccc2c(-c3nc(N[C@H]4CC[C@H](NCCC5CCN(C(=O)OC(C)(C)C)CC5)C4)ncc3C(F)(F)F)c[nH]c2c1. The molecule has 1 saturated heterocycles. The van der Waals surface area contributed by atoms with Crippen molar-refractivity contribution in [2.75, 3.05) is 32.1 Å². The first kappa shape index (κ1) is 32.5. The Bertz CT molecular complexity index is 1510. The molecule has 1 aliphatic carbocycles. The largest absolute Gasteiger partial charge is 0.465 e. The van der Waals surface area contributed by atoms with E-state index in [0.29, 0.717) is 29.9 Å². The van der Waals surface area contributed by atoms with Gasteiger partial charge in [-0.1, -0.05) is 6.07 Å². The van der Waals surface area contributed by atoms with E-state index in [4.69, 9.17) is 9.47 Å². The van der Waals surface area contributed by atoms with Crippen molar-refractivity contribution in [3.63, 3.8) is 0 Å². The molecule has 1 amide bonds. The molecule has 3 N–H and O–H groups in total. The fraction of sp³-hybridized carbons (Fsp3) is 0.562. The molecule has 2 aliphatic rings. The van der Waals surface area contributed by atoms with Crippen molar-refractivity contribution in [3.8, 4) is 11.3 Å². The third-order valence-electron chi connectivity index (χ3n) is 8.47. The van der Waals surface area contributed by atoms with Gasteiger partial charge in [0.05, 0.1) is 18.4 Å². The minimum absolute atomic E-state index is 0.0229. The van der Waals surface area contributed by atoms with Crippen molar-refractivity contribution in [1.29, 1.82) is 0 Å². The van der Waals surface area contributed by atoms with Crippen molar-refractivity contribution < 1.29 is 32.2 Å². The van der Waals surface area contributed by atoms with E-state index in [-0.39, 0.29) is 40.9 Å². The van der Waals surface area contributed by atoms with Crippen LogP contribution in [0.3, 0.4) is 0 Å². The van der Waals surface area contributed by atoms with E-state index in [0.717, 1.165) is 51.3 Å². The molecule has 13 heteroatoms. The second-order valence-corrected chi connectivity index (χ2v) is 12.9. The second kappa shape index (κ2) is 13.2. The minimum Gasteiger partial charge on any atom is -0.465 e. The van der Waals surface area contributed by atoms with E-state index in [9.17, 15) is 22.8 Å². The Morgan fingerprint density at radius 2 is 1.82 bits per heavy atom. The van der Waals surface area contributed by atoms with Gasteiger partial charge in [-0.25, -0.2) is 19.6 Å². The van der Waals surface area contributed by atoms with Gasteiger partial charge in [-0.3, -0.25) is 0 Å². The fourth-order valence-corrected chi connectivity index (χ4v) is 6.13. The number of carbonyl (C=O) groups is 2. The highest BCUT2D eigenvalue weighted by Gasteiger charge is 2.36. The summed E-state index contributed by atoms with van der Waals surface area (Å²) in [7, 11) is 1.27. The van der Waals surface area contributed by atoms with E-state index < -0.39 is 23.3 Å². The van der Waals surface area contributed by atoms with Crippen LogP contribution >= 0.6 is 0 Å². The van der Waals surface area contributed by atoms with Gasteiger partial charge in [0.25, 0.3) is 0 Å². The number of methoxy groups -OCH3 is 1. The number of amides is 1. The Balaban J connectivity index is 1.16. The Labute approximate surface area is 260 Å². The third-order valence-corrected chi connectivity index (χ3v) is 8.47. The van der Waals surface area contributed by atoms with Gasteiger partial charge in [0, 0.05) is 54.0 Å². The molecule has 2 fully saturated rings. The van der Waals surface area contributed by atoms with E-state index in [1.165, 1.54) is 25.4 Å². The number of esters is 1. The zero-order chi connectivity index (χ0) is 32.4. The van der Waals surface area contributed by atoms with Crippen LogP contribution in [-0.2, 0) is 15.7 Å². The van der Waals surface area contributed by atoms with Crippen LogP contribution in [0.2, 0.25) is 0 Å². The number of piperidine rings is 1. The number of nitrogens with zero attached hydrogens (tertiary/aromatic N) is 3. The fourth-order valence-electron chi connectivity index (χ4n) is 6.13. The minimum atomic E-state index is -4.65. The van der Waals surface area contributed by atoms with Gasteiger partial charge in [-0.2, -0.15) is 13.2 Å². The quantitative estimate of drug-likeness (QED) is 0.245. The van der Waals surface area contributed by atoms with Crippen LogP contribution in [0.1, 0.15) is 75.2 Å². The molecule has 0 bridgehead atoms. The number of rotatable bonds is 8. The summed E-state index contributed by atoms with van der Waals surface area (Å²) in [6.07, 6.45) is 2.89. The summed E-state index contributed by atoms with van der Waals surface area (Å²) < 4.78 is 52.3. The second-order valence-electron chi connectivity index (χ2n) is 12.9. The first-order chi connectivity index (χ1) is 21.3. The first-order valence-electron chi connectivity index (χ1n) is 15.4. The number of hydrogen-bond acceptors (Lipinski definition) is 8. The molecule has 10 nitrogen and oxygen atoms in total. The van der Waals surface area contributed by atoms with Gasteiger partial charge in [0.1, 0.15) is 11.2 Å². The van der Waals surface area contributed by atoms with Gasteiger partial charge in [0.2, 0.25) is 5.95 Å². The lowest BCUT2D eigenvalue weighted by atomic mass is 9.93. The van der Waals surface area contributed by atoms with Crippen LogP contribution in [0.4, 0.5) is 23.9 Å². The molecule has 3 aromatic rings. The van der Waals surface area contributed by atoms with Gasteiger partial charge in [-0.05, 0) is 83.9 Å². The Morgan fingerprint density at radius 1 is 1.09 bits per heavy atom. The highest BCUT2D eigenvalue weighted by molar-refractivity contribution is 6.00. The maximum atomic E-state index is 14.0. The number of alkyl halides is 3. The van der Waals surface area contributed by atoms with Crippen molar-refractivity contribution in [3.05, 3.63) is 41.7 Å². The lowest BCUT2D eigenvalue weighted by molar-refractivity contribution is -0.137. The Morgan fingerprint density at radius 3 is 2.51 bits per heavy atom. The van der Waals surface area contributed by atoms with Gasteiger partial charge in [-0.15, -0.1) is 0 Å². The number of aromatic amines is 1. The number of nitrogens with one attached hydrogen (secondary N) is 3. The van der Waals surface area contributed by atoms with Crippen molar-refractivity contribution >= 4 is 28.9 Å². The normalized spacial score (nSPS) is 19.6. The number of H-pyrrole nitrogens is 1. The Kier molecular flexibility index (Phi) is 9.57.